The molecule has 0 aromatic heterocycles. The van der Waals surface area contributed by atoms with E-state index in [1.165, 1.54) is 0 Å². The number of ether oxygens (including phenoxy) is 2. The zero-order valence-corrected chi connectivity index (χ0v) is 13.5. The average Bonchev–Trinajstić information content (AvgIpc) is 2.61. The van der Waals surface area contributed by atoms with E-state index in [1.54, 1.807) is 19.1 Å². The Morgan fingerprint density at radius 2 is 1.67 bits per heavy atom. The third kappa shape index (κ3) is 2.83. The van der Waals surface area contributed by atoms with Crippen molar-refractivity contribution in [3.05, 3.63) is 54.1 Å². The van der Waals surface area contributed by atoms with Gasteiger partial charge in [0.1, 0.15) is 11.5 Å². The van der Waals surface area contributed by atoms with Crippen molar-refractivity contribution in [1.29, 1.82) is 0 Å². The predicted molar refractivity (Wildman–Crippen MR) is 94.5 cm³/mol. The smallest absolute Gasteiger partial charge is 0.221 e. The Morgan fingerprint density at radius 3 is 2.33 bits per heavy atom. The summed E-state index contributed by atoms with van der Waals surface area (Å²) >= 11 is 0. The summed E-state index contributed by atoms with van der Waals surface area (Å²) in [4.78, 5) is 10.3. The highest BCUT2D eigenvalue weighted by Crippen LogP contribution is 2.36. The molecular weight excluding hydrogens is 306 g/mol. The summed E-state index contributed by atoms with van der Waals surface area (Å²) < 4.78 is 10.6. The summed E-state index contributed by atoms with van der Waals surface area (Å²) in [5, 5.41) is 0. The second-order valence-corrected chi connectivity index (χ2v) is 5.15. The molecule has 1 atom stereocenters. The van der Waals surface area contributed by atoms with Crippen LogP contribution in [0.5, 0.6) is 11.5 Å². The largest absolute Gasteiger partial charge is 0.497 e. The highest BCUT2D eigenvalue weighted by Gasteiger charge is 2.29. The van der Waals surface area contributed by atoms with E-state index < -0.39 is 6.17 Å². The van der Waals surface area contributed by atoms with Crippen LogP contribution in [0.15, 0.2) is 58.5 Å². The van der Waals surface area contributed by atoms with Crippen LogP contribution < -0.4 is 25.8 Å². The molecule has 0 fully saturated rings. The van der Waals surface area contributed by atoms with Crippen molar-refractivity contribution in [2.45, 2.75) is 6.17 Å². The van der Waals surface area contributed by atoms with Crippen LogP contribution in [-0.4, -0.2) is 26.1 Å². The fraction of sp³-hybridized carbons (Fsp3) is 0.176. The lowest BCUT2D eigenvalue weighted by atomic mass is 10.1. The number of nitrogens with two attached hydrogens (primary N) is 2. The van der Waals surface area contributed by atoms with Crippen LogP contribution in [0, 0.1) is 0 Å². The molecule has 7 heteroatoms. The predicted octanol–water partition coefficient (Wildman–Crippen LogP) is 1.85. The molecule has 1 aliphatic heterocycles. The number of benzene rings is 2. The van der Waals surface area contributed by atoms with Crippen molar-refractivity contribution in [1.82, 2.24) is 0 Å². The number of aliphatic imine (C=N–C) groups is 2. The highest BCUT2D eigenvalue weighted by molar-refractivity contribution is 6.05. The monoisotopic (exact) mass is 325 g/mol. The molecule has 24 heavy (non-hydrogen) atoms. The molecule has 2 aromatic carbocycles. The molecule has 124 valence electrons. The number of anilines is 1. The van der Waals surface area contributed by atoms with Crippen LogP contribution >= 0.6 is 0 Å². The second kappa shape index (κ2) is 6.49. The first kappa shape index (κ1) is 15.7. The van der Waals surface area contributed by atoms with E-state index in [2.05, 4.69) is 9.98 Å². The van der Waals surface area contributed by atoms with Crippen molar-refractivity contribution in [2.75, 3.05) is 19.1 Å². The number of guanidine groups is 2. The third-order valence-electron chi connectivity index (χ3n) is 3.73. The Kier molecular flexibility index (Phi) is 4.24. The van der Waals surface area contributed by atoms with Crippen molar-refractivity contribution in [3.8, 4) is 11.5 Å². The summed E-state index contributed by atoms with van der Waals surface area (Å²) in [6, 6.07) is 15.1. The maximum atomic E-state index is 6.14. The Balaban J connectivity index is 2.08. The van der Waals surface area contributed by atoms with Crippen molar-refractivity contribution in [2.24, 2.45) is 21.5 Å². The lowest BCUT2D eigenvalue weighted by Gasteiger charge is -2.33. The van der Waals surface area contributed by atoms with E-state index in [0.717, 1.165) is 17.0 Å². The Bertz CT molecular complexity index is 786. The lowest BCUT2D eigenvalue weighted by Crippen LogP contribution is -2.44. The van der Waals surface area contributed by atoms with Crippen molar-refractivity contribution < 1.29 is 9.47 Å². The summed E-state index contributed by atoms with van der Waals surface area (Å²) in [6.07, 6.45) is -0.440. The molecule has 2 aromatic rings. The van der Waals surface area contributed by atoms with Crippen molar-refractivity contribution >= 4 is 17.6 Å². The number of para-hydroxylation sites is 2. The summed E-state index contributed by atoms with van der Waals surface area (Å²) in [6.45, 7) is 0. The van der Waals surface area contributed by atoms with E-state index in [0.29, 0.717) is 5.75 Å². The molecule has 7 nitrogen and oxygen atoms in total. The molecule has 0 aliphatic carbocycles. The van der Waals surface area contributed by atoms with Gasteiger partial charge in [-0.3, -0.25) is 4.90 Å². The van der Waals surface area contributed by atoms with Gasteiger partial charge in [-0.1, -0.05) is 24.3 Å². The number of methoxy groups -OCH3 is 2. The van der Waals surface area contributed by atoms with E-state index in [-0.39, 0.29) is 11.9 Å². The lowest BCUT2D eigenvalue weighted by molar-refractivity contribution is 0.413. The topological polar surface area (TPSA) is 98.5 Å². The van der Waals surface area contributed by atoms with E-state index >= 15 is 0 Å². The highest BCUT2D eigenvalue weighted by atomic mass is 16.5. The zero-order valence-electron chi connectivity index (χ0n) is 13.5. The zero-order chi connectivity index (χ0) is 17.1. The SMILES string of the molecule is COc1ccc([C@@H]2N=C(N)N=C(N)N2c2ccccc2OC)cc1. The summed E-state index contributed by atoms with van der Waals surface area (Å²) in [5.41, 5.74) is 13.6. The maximum absolute atomic E-state index is 6.14. The van der Waals surface area contributed by atoms with Crippen LogP contribution in [0.1, 0.15) is 11.7 Å². The first-order valence-electron chi connectivity index (χ1n) is 7.37. The van der Waals surface area contributed by atoms with Gasteiger partial charge in [-0.25, -0.2) is 4.99 Å². The minimum absolute atomic E-state index is 0.138. The Labute approximate surface area is 140 Å². The molecule has 0 unspecified atom stereocenters. The molecule has 1 aliphatic rings. The molecule has 4 N–H and O–H groups in total. The molecule has 0 saturated carbocycles. The standard InChI is InChI=1S/C17H19N5O2/c1-23-12-9-7-11(8-10-12)15-20-16(18)21-17(19)22(15)13-5-3-4-6-14(13)24-2/h3-10,15H,1-2H3,(H4,18,19,20,21)/t15-/m1/s1. The van der Waals surface area contributed by atoms with Crippen LogP contribution in [0.3, 0.4) is 0 Å². The van der Waals surface area contributed by atoms with Gasteiger partial charge in [0.2, 0.25) is 11.9 Å². The van der Waals surface area contributed by atoms with E-state index in [9.17, 15) is 0 Å². The van der Waals surface area contributed by atoms with Crippen LogP contribution in [0.4, 0.5) is 5.69 Å². The van der Waals surface area contributed by atoms with Crippen LogP contribution in [0.2, 0.25) is 0 Å². The van der Waals surface area contributed by atoms with E-state index in [1.807, 2.05) is 48.5 Å². The molecule has 1 heterocycles. The fourth-order valence-corrected chi connectivity index (χ4v) is 2.59. The van der Waals surface area contributed by atoms with Crippen LogP contribution in [0.25, 0.3) is 0 Å². The molecule has 3 rings (SSSR count). The molecular formula is C17H19N5O2. The van der Waals surface area contributed by atoms with Gasteiger partial charge in [-0.2, -0.15) is 4.99 Å². The minimum Gasteiger partial charge on any atom is -0.497 e. The number of hydrogen-bond donors (Lipinski definition) is 2. The van der Waals surface area contributed by atoms with Crippen molar-refractivity contribution in [3.63, 3.8) is 0 Å². The van der Waals surface area contributed by atoms with Gasteiger partial charge < -0.3 is 20.9 Å². The van der Waals surface area contributed by atoms with E-state index in [4.69, 9.17) is 20.9 Å². The normalized spacial score (nSPS) is 17.1. The number of rotatable bonds is 4. The number of nitrogens with zero attached hydrogens (tertiary/aromatic N) is 3. The summed E-state index contributed by atoms with van der Waals surface area (Å²) in [7, 11) is 3.23. The van der Waals surface area contributed by atoms with Crippen LogP contribution in [-0.2, 0) is 0 Å². The molecule has 0 saturated heterocycles. The van der Waals surface area contributed by atoms with Gasteiger partial charge in [0.05, 0.1) is 19.9 Å². The average molecular weight is 325 g/mol. The van der Waals surface area contributed by atoms with Gasteiger partial charge in [0.25, 0.3) is 0 Å². The van der Waals surface area contributed by atoms with Gasteiger partial charge in [0.15, 0.2) is 6.17 Å². The molecule has 0 radical (unpaired) electrons. The minimum atomic E-state index is -0.440. The fourth-order valence-electron chi connectivity index (χ4n) is 2.59. The second-order valence-electron chi connectivity index (χ2n) is 5.15. The molecule has 0 amide bonds. The summed E-state index contributed by atoms with van der Waals surface area (Å²) in [5.74, 6) is 1.83. The van der Waals surface area contributed by atoms with Gasteiger partial charge in [-0.05, 0) is 29.8 Å². The van der Waals surface area contributed by atoms with Gasteiger partial charge >= 0.3 is 0 Å². The first-order chi connectivity index (χ1) is 11.6. The number of hydrogen-bond acceptors (Lipinski definition) is 7. The van der Waals surface area contributed by atoms with Gasteiger partial charge in [0, 0.05) is 0 Å². The third-order valence-corrected chi connectivity index (χ3v) is 3.73. The Hall–Kier alpha value is -3.22. The Morgan fingerprint density at radius 1 is 0.958 bits per heavy atom. The maximum Gasteiger partial charge on any atom is 0.221 e. The quantitative estimate of drug-likeness (QED) is 0.894. The molecule has 0 spiro atoms. The first-order valence-corrected chi connectivity index (χ1v) is 7.37. The molecule has 0 bridgehead atoms. The van der Waals surface area contributed by atoms with Gasteiger partial charge in [-0.15, -0.1) is 0 Å².